The highest BCUT2D eigenvalue weighted by atomic mass is 35.5. The molecule has 4 aromatic carbocycles. The zero-order valence-electron chi connectivity index (χ0n) is 32.5. The monoisotopic (exact) mass is 843 g/mol. The van der Waals surface area contributed by atoms with Crippen molar-refractivity contribution in [2.45, 2.75) is 62.7 Å². The van der Waals surface area contributed by atoms with Crippen LogP contribution in [0.15, 0.2) is 107 Å². The fraction of sp³-hybridized carbons (Fsp3) is 0.286. The van der Waals surface area contributed by atoms with Crippen molar-refractivity contribution in [1.29, 1.82) is 0 Å². The number of nitrogens with zero attached hydrogens (tertiary/aromatic N) is 2. The first-order chi connectivity index (χ1) is 28.2. The minimum absolute atomic E-state index is 0.0259. The van der Waals surface area contributed by atoms with Crippen LogP contribution in [0.1, 0.15) is 36.8 Å². The van der Waals surface area contributed by atoms with Crippen LogP contribution in [0.4, 0.5) is 0 Å². The number of aliphatic imine (C=N–C) groups is 2. The van der Waals surface area contributed by atoms with E-state index in [1.54, 1.807) is 24.3 Å². The van der Waals surface area contributed by atoms with Crippen LogP contribution in [0.25, 0.3) is 22.3 Å². The molecule has 0 saturated heterocycles. The van der Waals surface area contributed by atoms with Gasteiger partial charge in [-0.1, -0.05) is 96.0 Å². The summed E-state index contributed by atoms with van der Waals surface area (Å²) in [5.74, 6) is -2.93. The average molecular weight is 845 g/mol. The van der Waals surface area contributed by atoms with Crippen LogP contribution in [0.3, 0.4) is 0 Å². The maximum absolute atomic E-state index is 14.1. The van der Waals surface area contributed by atoms with Crippen molar-refractivity contribution in [3.05, 3.63) is 118 Å². The molecule has 0 fully saturated rings. The molecule has 0 bridgehead atoms. The lowest BCUT2D eigenvalue weighted by molar-refractivity contribution is -0.133. The Morgan fingerprint density at radius 3 is 1.27 bits per heavy atom. The second-order valence-corrected chi connectivity index (χ2v) is 14.8. The molecule has 17 heteroatoms. The molecule has 0 heterocycles. The molecule has 59 heavy (non-hydrogen) atoms. The second-order valence-electron chi connectivity index (χ2n) is 13.9. The van der Waals surface area contributed by atoms with E-state index in [9.17, 15) is 19.2 Å². The molecule has 4 aromatic rings. The van der Waals surface area contributed by atoms with E-state index in [1.165, 1.54) is 0 Å². The molecular formula is C42H51Cl2N11O4. The van der Waals surface area contributed by atoms with Crippen LogP contribution >= 0.6 is 23.2 Å². The van der Waals surface area contributed by atoms with Crippen molar-refractivity contribution < 1.29 is 19.2 Å². The van der Waals surface area contributed by atoms with Crippen molar-refractivity contribution in [3.8, 4) is 22.3 Å². The van der Waals surface area contributed by atoms with E-state index in [-0.39, 0.29) is 50.7 Å². The Balaban J connectivity index is 1.53. The second kappa shape index (κ2) is 22.7. The average Bonchev–Trinajstić information content (AvgIpc) is 3.20. The number of carbonyl (C=O) groups excluding carboxylic acids is 4. The molecule has 312 valence electrons. The standard InChI is InChI=1S/C42H51Cl2N11O4/c43-31-17-13-29(14-18-31)27-9-5-25(6-10-27)23-33(45)38(57)54-35(4-2-22-52-42(49)50)39(58)55-36(40(59)53-34(37(46)56)3-1-21-51-41(47)48)24-26-7-11-28(12-8-26)30-15-19-32(44)20-16-30/h5-20,33-36H,1-4,21-24,45H2,(H2,46,56)(H,53,59)(H,54,57)(H,55,58)(H4,47,48,51)(H4,49,50,52)/t33-,34+,35-,36-/m0/s1. The molecule has 0 aromatic heterocycles. The van der Waals surface area contributed by atoms with Gasteiger partial charge < -0.3 is 50.4 Å². The molecule has 0 aliphatic rings. The summed E-state index contributed by atoms with van der Waals surface area (Å²) in [5.41, 5.74) is 39.1. The summed E-state index contributed by atoms with van der Waals surface area (Å²) in [6.45, 7) is 0.387. The summed E-state index contributed by atoms with van der Waals surface area (Å²) < 4.78 is 0. The van der Waals surface area contributed by atoms with Crippen molar-refractivity contribution in [2.24, 2.45) is 44.4 Å². The van der Waals surface area contributed by atoms with E-state index in [4.69, 9.17) is 57.6 Å². The number of rotatable bonds is 21. The van der Waals surface area contributed by atoms with Crippen LogP contribution in [0.2, 0.25) is 10.0 Å². The Morgan fingerprint density at radius 2 is 0.847 bits per heavy atom. The number of primary amides is 1. The first-order valence-corrected chi connectivity index (χ1v) is 19.7. The van der Waals surface area contributed by atoms with E-state index in [0.717, 1.165) is 27.8 Å². The van der Waals surface area contributed by atoms with Gasteiger partial charge >= 0.3 is 0 Å². The lowest BCUT2D eigenvalue weighted by atomic mass is 9.99. The fourth-order valence-corrected chi connectivity index (χ4v) is 6.38. The Bertz CT molecular complexity index is 2070. The van der Waals surface area contributed by atoms with Crippen molar-refractivity contribution in [3.63, 3.8) is 0 Å². The van der Waals surface area contributed by atoms with Crippen LogP contribution in [0, 0.1) is 0 Å². The SMILES string of the molecule is NC(=O)[C@@H](CCCN=C(N)N)NC(=O)[C@H](Cc1ccc(-c2ccc(Cl)cc2)cc1)NC(=O)[C@H](CCCN=C(N)N)NC(=O)[C@@H](N)Cc1ccc(-c2ccc(Cl)cc2)cc1. The predicted octanol–water partition coefficient (Wildman–Crippen LogP) is 2.49. The smallest absolute Gasteiger partial charge is 0.243 e. The molecule has 15 nitrogen and oxygen atoms in total. The van der Waals surface area contributed by atoms with Gasteiger partial charge in [-0.25, -0.2) is 0 Å². The van der Waals surface area contributed by atoms with E-state index >= 15 is 0 Å². The molecule has 4 amide bonds. The van der Waals surface area contributed by atoms with Crippen molar-refractivity contribution in [1.82, 2.24) is 16.0 Å². The normalized spacial score (nSPS) is 12.9. The van der Waals surface area contributed by atoms with Gasteiger partial charge in [-0.2, -0.15) is 0 Å². The van der Waals surface area contributed by atoms with Gasteiger partial charge in [0.05, 0.1) is 6.04 Å². The third kappa shape index (κ3) is 15.3. The number of carbonyl (C=O) groups is 4. The number of nitrogens with one attached hydrogen (secondary N) is 3. The predicted molar refractivity (Wildman–Crippen MR) is 234 cm³/mol. The third-order valence-electron chi connectivity index (χ3n) is 9.31. The lowest BCUT2D eigenvalue weighted by Gasteiger charge is -2.26. The van der Waals surface area contributed by atoms with Gasteiger partial charge in [0, 0.05) is 29.6 Å². The number of amides is 4. The van der Waals surface area contributed by atoms with E-state index in [2.05, 4.69) is 25.9 Å². The lowest BCUT2D eigenvalue weighted by Crippen LogP contribution is -2.58. The number of hydrogen-bond donors (Lipinski definition) is 9. The summed E-state index contributed by atoms with van der Waals surface area (Å²) >= 11 is 12.1. The maximum Gasteiger partial charge on any atom is 0.243 e. The Labute approximate surface area is 353 Å². The third-order valence-corrected chi connectivity index (χ3v) is 9.82. The van der Waals surface area contributed by atoms with Crippen LogP contribution in [-0.4, -0.2) is 72.8 Å². The molecule has 4 rings (SSSR count). The van der Waals surface area contributed by atoms with Gasteiger partial charge in [-0.3, -0.25) is 29.2 Å². The van der Waals surface area contributed by atoms with Crippen molar-refractivity contribution >= 4 is 58.7 Å². The quantitative estimate of drug-likeness (QED) is 0.0338. The van der Waals surface area contributed by atoms with Gasteiger partial charge in [0.1, 0.15) is 18.1 Å². The molecule has 0 spiro atoms. The van der Waals surface area contributed by atoms with Gasteiger partial charge in [-0.05, 0) is 89.8 Å². The maximum atomic E-state index is 14.1. The Kier molecular flexibility index (Phi) is 17.5. The summed E-state index contributed by atoms with van der Waals surface area (Å²) in [7, 11) is 0. The molecule has 0 radical (unpaired) electrons. The zero-order chi connectivity index (χ0) is 42.9. The van der Waals surface area contributed by atoms with Crippen molar-refractivity contribution in [2.75, 3.05) is 13.1 Å². The van der Waals surface area contributed by atoms with Gasteiger partial charge in [0.15, 0.2) is 11.9 Å². The molecule has 0 unspecified atom stereocenters. The summed E-state index contributed by atoms with van der Waals surface area (Å²) in [5, 5.41) is 9.46. The molecule has 15 N–H and O–H groups in total. The van der Waals surface area contributed by atoms with E-state index < -0.39 is 47.8 Å². The number of hydrogen-bond acceptors (Lipinski definition) is 7. The highest BCUT2D eigenvalue weighted by molar-refractivity contribution is 6.31. The van der Waals surface area contributed by atoms with Gasteiger partial charge in [-0.15, -0.1) is 0 Å². The molecule has 4 atom stereocenters. The summed E-state index contributed by atoms with van der Waals surface area (Å²) in [6, 6.07) is 25.4. The topological polar surface area (TPSA) is 285 Å². The summed E-state index contributed by atoms with van der Waals surface area (Å²) in [6.07, 6.45) is 1.10. The highest BCUT2D eigenvalue weighted by Gasteiger charge is 2.30. The van der Waals surface area contributed by atoms with Gasteiger partial charge in [0.25, 0.3) is 0 Å². The van der Waals surface area contributed by atoms with E-state index in [0.29, 0.717) is 28.5 Å². The Morgan fingerprint density at radius 1 is 0.492 bits per heavy atom. The van der Waals surface area contributed by atoms with E-state index in [1.807, 2.05) is 72.8 Å². The number of halogens is 2. The van der Waals surface area contributed by atoms with Crippen LogP contribution in [-0.2, 0) is 32.0 Å². The largest absolute Gasteiger partial charge is 0.370 e. The fourth-order valence-electron chi connectivity index (χ4n) is 6.13. The zero-order valence-corrected chi connectivity index (χ0v) is 34.0. The minimum Gasteiger partial charge on any atom is -0.370 e. The minimum atomic E-state index is -1.20. The molecule has 0 aliphatic heterocycles. The Hall–Kier alpha value is -6.16. The number of benzene rings is 4. The highest BCUT2D eigenvalue weighted by Crippen LogP contribution is 2.24. The first-order valence-electron chi connectivity index (χ1n) is 18.9. The molecular weight excluding hydrogens is 793 g/mol. The number of nitrogens with two attached hydrogens (primary N) is 6. The van der Waals surface area contributed by atoms with Crippen LogP contribution < -0.4 is 50.4 Å². The molecule has 0 saturated carbocycles. The van der Waals surface area contributed by atoms with Gasteiger partial charge in [0.2, 0.25) is 23.6 Å². The number of guanidine groups is 2. The van der Waals surface area contributed by atoms with Crippen LogP contribution in [0.5, 0.6) is 0 Å². The first kappa shape index (κ1) is 45.5. The molecule has 0 aliphatic carbocycles. The summed E-state index contributed by atoms with van der Waals surface area (Å²) in [4.78, 5) is 61.8.